The van der Waals surface area contributed by atoms with Crippen molar-refractivity contribution >= 4 is 11.7 Å². The van der Waals surface area contributed by atoms with Gasteiger partial charge in [-0.05, 0) is 24.6 Å². The van der Waals surface area contributed by atoms with E-state index in [2.05, 4.69) is 30.9 Å². The Hall–Kier alpha value is -4.05. The Balaban J connectivity index is 1.43. The third-order valence-electron chi connectivity index (χ3n) is 5.56. The van der Waals surface area contributed by atoms with Crippen LogP contribution in [0.1, 0.15) is 29.1 Å². The number of pyridine rings is 1. The Morgan fingerprint density at radius 3 is 2.41 bits per heavy atom. The summed E-state index contributed by atoms with van der Waals surface area (Å²) in [5, 5.41) is 15.5. The number of hydrogen-bond acceptors (Lipinski definition) is 6. The first-order chi connectivity index (χ1) is 18.0. The molecule has 0 bridgehead atoms. The highest BCUT2D eigenvalue weighted by Crippen LogP contribution is 2.48. The standard InChI is InChI=1S/C22H19F8N7O2/c1-10-3-13(34-35-17(10)14-8-37(2)36-18(14)22(28,29)30)7-31-19(38)32-12-4-15(21(25,26)27)33-16(5-12)39-9-11-6-20(11,23)24/h3-5,8,11H,6-7,9H2,1-2H3,(H2,31,32,33,38). The summed E-state index contributed by atoms with van der Waals surface area (Å²) in [4.78, 5) is 15.6. The molecular formula is C22H19F8N7O2. The zero-order valence-corrected chi connectivity index (χ0v) is 20.1. The molecule has 1 fully saturated rings. The summed E-state index contributed by atoms with van der Waals surface area (Å²) < 4.78 is 112. The molecule has 1 aliphatic rings. The minimum absolute atomic E-state index is 0.0726. The van der Waals surface area contributed by atoms with Crippen LogP contribution in [0, 0.1) is 12.8 Å². The highest BCUT2D eigenvalue weighted by Gasteiger charge is 2.57. The number of aromatic nitrogens is 5. The van der Waals surface area contributed by atoms with Crippen molar-refractivity contribution in [2.24, 2.45) is 13.0 Å². The molecule has 4 rings (SSSR count). The normalized spacial score (nSPS) is 16.6. The number of urea groups is 1. The second-order valence-corrected chi connectivity index (χ2v) is 8.79. The first-order valence-electron chi connectivity index (χ1n) is 11.1. The summed E-state index contributed by atoms with van der Waals surface area (Å²) in [6.07, 6.45) is -8.95. The number of rotatable bonds is 7. The number of anilines is 1. The van der Waals surface area contributed by atoms with Gasteiger partial charge in [-0.3, -0.25) is 4.68 Å². The summed E-state index contributed by atoms with van der Waals surface area (Å²) in [5.74, 6) is -4.68. The molecule has 0 aromatic carbocycles. The molecule has 9 nitrogen and oxygen atoms in total. The second-order valence-electron chi connectivity index (χ2n) is 8.79. The molecule has 0 radical (unpaired) electrons. The molecule has 3 aromatic heterocycles. The van der Waals surface area contributed by atoms with Crippen molar-refractivity contribution in [3.63, 3.8) is 0 Å². The van der Waals surface area contributed by atoms with Gasteiger partial charge in [0.15, 0.2) is 11.4 Å². The molecule has 1 aliphatic carbocycles. The highest BCUT2D eigenvalue weighted by molar-refractivity contribution is 5.89. The molecule has 1 unspecified atom stereocenters. The van der Waals surface area contributed by atoms with Crippen LogP contribution in [0.25, 0.3) is 11.3 Å². The number of ether oxygens (including phenoxy) is 1. The molecule has 2 N–H and O–H groups in total. The fourth-order valence-corrected chi connectivity index (χ4v) is 3.54. The van der Waals surface area contributed by atoms with Crippen molar-refractivity contribution in [1.82, 2.24) is 30.3 Å². The van der Waals surface area contributed by atoms with Crippen LogP contribution in [-0.2, 0) is 25.9 Å². The average molecular weight is 565 g/mol. The number of amides is 2. The second kappa shape index (κ2) is 9.92. The van der Waals surface area contributed by atoms with E-state index in [-0.39, 0.29) is 29.2 Å². The fourth-order valence-electron chi connectivity index (χ4n) is 3.54. The summed E-state index contributed by atoms with van der Waals surface area (Å²) >= 11 is 0. The lowest BCUT2D eigenvalue weighted by molar-refractivity contribution is -0.142. The fraction of sp³-hybridized carbons (Fsp3) is 0.409. The van der Waals surface area contributed by atoms with Crippen LogP contribution in [0.2, 0.25) is 0 Å². The van der Waals surface area contributed by atoms with Gasteiger partial charge in [-0.1, -0.05) is 0 Å². The van der Waals surface area contributed by atoms with Gasteiger partial charge in [-0.25, -0.2) is 18.6 Å². The van der Waals surface area contributed by atoms with E-state index in [0.29, 0.717) is 11.6 Å². The summed E-state index contributed by atoms with van der Waals surface area (Å²) in [7, 11) is 1.32. The SMILES string of the molecule is Cc1cc(CNC(=O)Nc2cc(OCC3CC3(F)F)nc(C(F)(F)F)c2)nnc1-c1cn(C)nc1C(F)(F)F. The number of hydrogen-bond donors (Lipinski definition) is 2. The Kier molecular flexibility index (Phi) is 7.12. The van der Waals surface area contributed by atoms with Crippen molar-refractivity contribution in [2.45, 2.75) is 38.2 Å². The minimum atomic E-state index is -4.91. The maximum Gasteiger partial charge on any atom is 0.435 e. The lowest BCUT2D eigenvalue weighted by Gasteiger charge is -2.13. The smallest absolute Gasteiger partial charge is 0.435 e. The van der Waals surface area contributed by atoms with E-state index in [4.69, 9.17) is 4.74 Å². The van der Waals surface area contributed by atoms with Gasteiger partial charge in [0.25, 0.3) is 5.92 Å². The zero-order chi connectivity index (χ0) is 28.8. The van der Waals surface area contributed by atoms with E-state index in [1.54, 1.807) is 0 Å². The van der Waals surface area contributed by atoms with Gasteiger partial charge in [0.2, 0.25) is 5.88 Å². The molecule has 0 saturated heterocycles. The van der Waals surface area contributed by atoms with E-state index < -0.39 is 60.5 Å². The minimum Gasteiger partial charge on any atom is -0.477 e. The third kappa shape index (κ3) is 6.69. The largest absolute Gasteiger partial charge is 0.477 e. The maximum atomic E-state index is 13.3. The van der Waals surface area contributed by atoms with E-state index >= 15 is 0 Å². The number of halogens is 8. The van der Waals surface area contributed by atoms with Crippen molar-refractivity contribution in [1.29, 1.82) is 0 Å². The summed E-state index contributed by atoms with van der Waals surface area (Å²) in [5.41, 5.74) is -2.84. The predicted molar refractivity (Wildman–Crippen MR) is 118 cm³/mol. The van der Waals surface area contributed by atoms with E-state index in [1.165, 1.54) is 20.0 Å². The van der Waals surface area contributed by atoms with E-state index in [0.717, 1.165) is 16.9 Å². The van der Waals surface area contributed by atoms with Gasteiger partial charge in [-0.2, -0.15) is 36.5 Å². The van der Waals surface area contributed by atoms with Crippen LogP contribution in [0.3, 0.4) is 0 Å². The van der Waals surface area contributed by atoms with Crippen molar-refractivity contribution < 1.29 is 44.7 Å². The van der Waals surface area contributed by atoms with Crippen LogP contribution >= 0.6 is 0 Å². The average Bonchev–Trinajstić information content (AvgIpc) is 3.22. The lowest BCUT2D eigenvalue weighted by atomic mass is 10.1. The quantitative estimate of drug-likeness (QED) is 0.392. The van der Waals surface area contributed by atoms with Gasteiger partial charge in [0.05, 0.1) is 36.0 Å². The Morgan fingerprint density at radius 2 is 1.82 bits per heavy atom. The van der Waals surface area contributed by atoms with Gasteiger partial charge in [0.1, 0.15) is 0 Å². The third-order valence-corrected chi connectivity index (χ3v) is 5.56. The lowest BCUT2D eigenvalue weighted by Crippen LogP contribution is -2.29. The number of carbonyl (C=O) groups excluding carboxylic acids is 1. The number of nitrogens with one attached hydrogen (secondary N) is 2. The number of carbonyl (C=O) groups is 1. The highest BCUT2D eigenvalue weighted by atomic mass is 19.4. The van der Waals surface area contributed by atoms with Gasteiger partial charge >= 0.3 is 18.4 Å². The molecule has 210 valence electrons. The van der Waals surface area contributed by atoms with Crippen LogP contribution in [0.15, 0.2) is 24.4 Å². The van der Waals surface area contributed by atoms with Crippen molar-refractivity contribution in [3.05, 3.63) is 47.0 Å². The molecular weight excluding hydrogens is 546 g/mol. The monoisotopic (exact) mass is 565 g/mol. The molecule has 39 heavy (non-hydrogen) atoms. The number of nitrogens with zero attached hydrogens (tertiary/aromatic N) is 5. The van der Waals surface area contributed by atoms with Gasteiger partial charge < -0.3 is 15.4 Å². The van der Waals surface area contributed by atoms with Crippen molar-refractivity contribution in [3.8, 4) is 17.1 Å². The molecule has 17 heteroatoms. The van der Waals surface area contributed by atoms with Gasteiger partial charge in [-0.15, -0.1) is 5.10 Å². The number of aryl methyl sites for hydroxylation is 2. The first kappa shape index (κ1) is 28.0. The first-order valence-corrected chi connectivity index (χ1v) is 11.1. The number of alkyl halides is 8. The maximum absolute atomic E-state index is 13.3. The van der Waals surface area contributed by atoms with Crippen molar-refractivity contribution in [2.75, 3.05) is 11.9 Å². The Labute approximate surface area is 214 Å². The molecule has 1 atom stereocenters. The van der Waals surface area contributed by atoms with E-state index in [9.17, 15) is 39.9 Å². The summed E-state index contributed by atoms with van der Waals surface area (Å²) in [6, 6.07) is 1.89. The predicted octanol–water partition coefficient (Wildman–Crippen LogP) is 4.97. The topological polar surface area (TPSA) is 107 Å². The molecule has 2 amide bonds. The van der Waals surface area contributed by atoms with Crippen LogP contribution in [0.5, 0.6) is 5.88 Å². The van der Waals surface area contributed by atoms with Gasteiger partial charge in [0, 0.05) is 31.4 Å². The van der Waals surface area contributed by atoms with Crippen LogP contribution < -0.4 is 15.4 Å². The van der Waals surface area contributed by atoms with Crippen LogP contribution in [0.4, 0.5) is 45.6 Å². The molecule has 0 spiro atoms. The zero-order valence-electron chi connectivity index (χ0n) is 20.1. The van der Waals surface area contributed by atoms with Crippen LogP contribution in [-0.4, -0.2) is 43.5 Å². The molecule has 0 aliphatic heterocycles. The molecule has 3 aromatic rings. The van der Waals surface area contributed by atoms with E-state index in [1.807, 2.05) is 0 Å². The molecule has 1 saturated carbocycles. The molecule has 3 heterocycles. The summed E-state index contributed by atoms with van der Waals surface area (Å²) in [6.45, 7) is 0.649. The Morgan fingerprint density at radius 1 is 1.13 bits per heavy atom. The Bertz CT molecular complexity index is 1390.